The van der Waals surface area contributed by atoms with Gasteiger partial charge < -0.3 is 39.4 Å². The van der Waals surface area contributed by atoms with Gasteiger partial charge in [-0.05, 0) is 12.2 Å². The first kappa shape index (κ1) is 36.6. The fourth-order valence-corrected chi connectivity index (χ4v) is 2.68. The molecule has 0 amide bonds. The molecule has 0 spiro atoms. The van der Waals surface area contributed by atoms with Gasteiger partial charge in [0.25, 0.3) is 0 Å². The maximum Gasteiger partial charge on any atom is 0.317 e. The summed E-state index contributed by atoms with van der Waals surface area (Å²) in [5, 5.41) is 31.4. The minimum atomic E-state index is -1.21. The monoisotopic (exact) mass is 531 g/mol. The van der Waals surface area contributed by atoms with Crippen LogP contribution in [-0.4, -0.2) is 114 Å². The van der Waals surface area contributed by atoms with E-state index in [0.29, 0.717) is 51.8 Å². The zero-order valence-corrected chi connectivity index (χ0v) is 21.0. The molecule has 0 aliphatic heterocycles. The van der Waals surface area contributed by atoms with E-state index < -0.39 is 40.8 Å². The quantitative estimate of drug-likeness (QED) is 0.0909. The summed E-state index contributed by atoms with van der Waals surface area (Å²) in [5.74, 6) is -3.98. The van der Waals surface area contributed by atoms with Crippen LogP contribution in [0.4, 0.5) is 0 Å². The Bertz CT molecular complexity index is 560. The molecule has 2 unspecified atom stereocenters. The molecule has 34 heavy (non-hydrogen) atoms. The lowest BCUT2D eigenvalue weighted by molar-refractivity contribution is -0.142. The van der Waals surface area contributed by atoms with Crippen LogP contribution in [0.3, 0.4) is 0 Å². The summed E-state index contributed by atoms with van der Waals surface area (Å²) in [4.78, 5) is 40.8. The molecule has 0 saturated heterocycles. The summed E-state index contributed by atoms with van der Waals surface area (Å²) in [6.45, 7) is 8.34. The molecule has 0 aromatic rings. The zero-order chi connectivity index (χ0) is 26.8. The van der Waals surface area contributed by atoms with Gasteiger partial charge in [0.15, 0.2) is 6.08 Å². The van der Waals surface area contributed by atoms with Gasteiger partial charge in [-0.25, -0.2) is 0 Å². The number of carbonyl (C=O) groups is 4. The van der Waals surface area contributed by atoms with Crippen LogP contribution < -0.4 is 0 Å². The first-order valence-corrected chi connectivity index (χ1v) is 11.4. The van der Waals surface area contributed by atoms with Gasteiger partial charge in [-0.3, -0.25) is 19.2 Å². The van der Waals surface area contributed by atoms with Crippen molar-refractivity contribution in [2.45, 2.75) is 29.8 Å². The van der Waals surface area contributed by atoms with E-state index in [-0.39, 0.29) is 6.42 Å². The van der Waals surface area contributed by atoms with Crippen molar-refractivity contribution in [3.05, 3.63) is 12.7 Å². The fraction of sp³-hybridized carbons (Fsp3) is 0.700. The van der Waals surface area contributed by atoms with Crippen LogP contribution in [0.5, 0.6) is 0 Å². The van der Waals surface area contributed by atoms with E-state index in [0.717, 1.165) is 11.8 Å². The van der Waals surface area contributed by atoms with Gasteiger partial charge in [0.05, 0.1) is 39.3 Å². The van der Waals surface area contributed by atoms with E-state index in [2.05, 4.69) is 12.6 Å². The van der Waals surface area contributed by atoms with Crippen LogP contribution >= 0.6 is 24.4 Å². The Morgan fingerprint density at radius 2 is 1.38 bits per heavy atom. The highest BCUT2D eigenvalue weighted by molar-refractivity contribution is 8.00. The number of thiol groups is 1. The van der Waals surface area contributed by atoms with Crippen molar-refractivity contribution in [1.29, 1.82) is 0 Å². The zero-order valence-electron chi connectivity index (χ0n) is 19.3. The highest BCUT2D eigenvalue weighted by Gasteiger charge is 2.20. The Kier molecular flexibility index (Phi) is 29.4. The normalized spacial score (nSPS) is 11.6. The minimum Gasteiger partial charge on any atom is -0.481 e. The second-order valence-electron chi connectivity index (χ2n) is 6.01. The number of thioether (sulfide) groups is 1. The molecule has 198 valence electrons. The number of carboxylic acids is 4. The lowest BCUT2D eigenvalue weighted by Gasteiger charge is -2.09. The Balaban J connectivity index is -0.000000474. The van der Waals surface area contributed by atoms with Crippen LogP contribution in [-0.2, 0) is 38.1 Å². The smallest absolute Gasteiger partial charge is 0.317 e. The summed E-state index contributed by atoms with van der Waals surface area (Å²) in [6, 6.07) is 0. The maximum absolute atomic E-state index is 10.7. The number of hydrogen-bond acceptors (Lipinski definition) is 10. The lowest BCUT2D eigenvalue weighted by atomic mass is 10.3. The topological polar surface area (TPSA) is 186 Å². The van der Waals surface area contributed by atoms with Crippen molar-refractivity contribution in [2.24, 2.45) is 0 Å². The molecule has 0 radical (unpaired) electrons. The summed E-state index contributed by atoms with van der Waals surface area (Å²) in [7, 11) is 3.22. The predicted molar refractivity (Wildman–Crippen MR) is 128 cm³/mol. The average molecular weight is 532 g/mol. The first-order chi connectivity index (χ1) is 16.0. The van der Waals surface area contributed by atoms with E-state index in [1.54, 1.807) is 14.2 Å². The van der Waals surface area contributed by atoms with Gasteiger partial charge in [0.2, 0.25) is 6.58 Å². The summed E-state index contributed by atoms with van der Waals surface area (Å²) in [5.41, 5.74) is 0. The van der Waals surface area contributed by atoms with Crippen LogP contribution in [0.15, 0.2) is 6.08 Å². The van der Waals surface area contributed by atoms with Crippen molar-refractivity contribution >= 4 is 48.3 Å². The van der Waals surface area contributed by atoms with Crippen molar-refractivity contribution in [1.82, 2.24) is 0 Å². The lowest BCUT2D eigenvalue weighted by Crippen LogP contribution is -2.21. The van der Waals surface area contributed by atoms with Gasteiger partial charge in [-0.2, -0.15) is 12.6 Å². The maximum atomic E-state index is 10.7. The molecule has 12 nitrogen and oxygen atoms in total. The van der Waals surface area contributed by atoms with Crippen molar-refractivity contribution in [3.63, 3.8) is 0 Å². The van der Waals surface area contributed by atoms with Crippen molar-refractivity contribution < 1.29 is 58.6 Å². The fourth-order valence-electron chi connectivity index (χ4n) is 1.55. The van der Waals surface area contributed by atoms with Gasteiger partial charge in [-0.1, -0.05) is 0 Å². The largest absolute Gasteiger partial charge is 0.481 e. The van der Waals surface area contributed by atoms with E-state index in [4.69, 9.17) is 46.0 Å². The van der Waals surface area contributed by atoms with Gasteiger partial charge >= 0.3 is 23.9 Å². The van der Waals surface area contributed by atoms with Gasteiger partial charge in [0, 0.05) is 20.8 Å². The molecule has 0 aromatic heterocycles. The van der Waals surface area contributed by atoms with Crippen LogP contribution in [0.1, 0.15) is 19.3 Å². The molecule has 0 bridgehead atoms. The second-order valence-corrected chi connectivity index (χ2v) is 7.94. The standard InChI is InChI=1S/C10H18O6S.C6H11O2.C4H6O4S/c1-15-4-5-16-3-2-6-17-8(10(13)14)7-9(11)12;1-3-4-8-6-5-7-2;5-3(6)1-2(9)4(7)8/h8H,2-7H2,1H3,(H,11,12)(H,13,14);1,3H,4-6H2,2H3;2,9H,1H2,(H,5,6)(H,7,8)/q;+1;. The number of aliphatic carboxylic acids is 4. The van der Waals surface area contributed by atoms with E-state index >= 15 is 0 Å². The van der Waals surface area contributed by atoms with E-state index in [1.165, 1.54) is 6.08 Å². The second kappa shape index (κ2) is 27.3. The number of ether oxygens (including phenoxy) is 4. The summed E-state index contributed by atoms with van der Waals surface area (Å²) < 4.78 is 19.6. The van der Waals surface area contributed by atoms with Gasteiger partial charge in [-0.15, -0.1) is 11.8 Å². The molecule has 2 atom stereocenters. The molecule has 0 aliphatic rings. The molecule has 0 fully saturated rings. The highest BCUT2D eigenvalue weighted by Crippen LogP contribution is 2.16. The molecule has 0 aliphatic carbocycles. The number of hydrogen-bond donors (Lipinski definition) is 5. The van der Waals surface area contributed by atoms with Crippen LogP contribution in [0, 0.1) is 6.58 Å². The SMILES string of the molecule is COCCOCCCSC(CC(=O)O)C(=O)O.O=C(O)CC(S)C(=O)O.[CH+]=CCOCCOC. The minimum absolute atomic E-state index is 0.357. The Hall–Kier alpha value is -1.93. The third kappa shape index (κ3) is 32.3. The third-order valence-electron chi connectivity index (χ3n) is 3.12. The summed E-state index contributed by atoms with van der Waals surface area (Å²) >= 11 is 4.61. The van der Waals surface area contributed by atoms with Crippen molar-refractivity contribution in [2.75, 3.05) is 59.6 Å². The van der Waals surface area contributed by atoms with Crippen LogP contribution in [0.25, 0.3) is 0 Å². The number of methoxy groups -OCH3 is 2. The molecule has 4 N–H and O–H groups in total. The van der Waals surface area contributed by atoms with Gasteiger partial charge in [0.1, 0.15) is 17.1 Å². The molecule has 14 heteroatoms. The Labute approximate surface area is 209 Å². The average Bonchev–Trinajstić information content (AvgIpc) is 2.75. The Morgan fingerprint density at radius 1 is 0.853 bits per heavy atom. The molecule has 0 heterocycles. The molecule has 0 rings (SSSR count). The van der Waals surface area contributed by atoms with E-state index in [1.807, 2.05) is 0 Å². The molecule has 0 saturated carbocycles. The van der Waals surface area contributed by atoms with E-state index in [9.17, 15) is 19.2 Å². The molecular weight excluding hydrogens is 496 g/mol. The number of carboxylic acid groups (broad SMARTS) is 4. The predicted octanol–water partition coefficient (Wildman–Crippen LogP) is 1.18. The third-order valence-corrected chi connectivity index (χ3v) is 4.82. The van der Waals surface area contributed by atoms with Crippen molar-refractivity contribution in [3.8, 4) is 0 Å². The highest BCUT2D eigenvalue weighted by atomic mass is 32.2. The Morgan fingerprint density at radius 3 is 1.76 bits per heavy atom. The number of rotatable bonds is 19. The molecule has 0 aromatic carbocycles. The summed E-state index contributed by atoms with van der Waals surface area (Å²) in [6.07, 6.45) is 1.36. The molecular formula is C20H35O12S2+. The first-order valence-electron chi connectivity index (χ1n) is 9.88. The van der Waals surface area contributed by atoms with Crippen LogP contribution in [0.2, 0.25) is 0 Å².